The van der Waals surface area contributed by atoms with Gasteiger partial charge in [-0.1, -0.05) is 307 Å². The Morgan fingerprint density at radius 3 is 1.00 bits per heavy atom. The third-order valence-corrected chi connectivity index (χ3v) is 16.0. The van der Waals surface area contributed by atoms with E-state index >= 15 is 0 Å². The molecule has 2 aliphatic rings. The van der Waals surface area contributed by atoms with Crippen molar-refractivity contribution in [2.75, 3.05) is 5.73 Å². The molecule has 0 amide bonds. The molecule has 0 spiro atoms. The molecule has 2 aliphatic carbocycles. The van der Waals surface area contributed by atoms with Crippen LogP contribution in [0.4, 0.5) is 5.69 Å². The standard InChI is InChI=1S/C38H28.C25H19N.C12H9Br/c1-4-12-30(13-5-1)31-23-20-28(21-24-31)26-29-22-25-35-34-18-10-11-19-36(34)38(37(35)27-29,32-14-6-2-7-15-32)33-16-8-3-9-17-33;26-20-15-16-22-21-13-7-8-14-23(21)25(24(22)17-20,18-9-3-1-4-10-18)19-11-5-2-6-12-19;13-12-8-6-11(7-9-12)10-4-2-1-3-5-10/h1-25,27H,26H2;1-17H,26H2;1-9H. The molecular formula is C75H56BrN. The molecule has 12 aromatic carbocycles. The molecule has 2 N–H and O–H groups in total. The molecule has 0 aliphatic heterocycles. The highest BCUT2D eigenvalue weighted by atomic mass is 79.9. The molecule has 14 rings (SSSR count). The Kier molecular flexibility index (Phi) is 13.7. The lowest BCUT2D eigenvalue weighted by atomic mass is 9.67. The minimum atomic E-state index is -0.346. The van der Waals surface area contributed by atoms with Gasteiger partial charge in [-0.3, -0.25) is 0 Å². The number of anilines is 1. The first-order chi connectivity index (χ1) is 38.0. The monoisotopic (exact) mass is 1050 g/mol. The fourth-order valence-electron chi connectivity index (χ4n) is 12.0. The van der Waals surface area contributed by atoms with Crippen LogP contribution < -0.4 is 5.73 Å². The Morgan fingerprint density at radius 2 is 0.571 bits per heavy atom. The second-order valence-corrected chi connectivity index (χ2v) is 20.8. The number of halogens is 1. The van der Waals surface area contributed by atoms with Crippen LogP contribution in [0.2, 0.25) is 0 Å². The van der Waals surface area contributed by atoms with E-state index in [-0.39, 0.29) is 10.8 Å². The largest absolute Gasteiger partial charge is 0.399 e. The number of fused-ring (bicyclic) bond motifs is 6. The summed E-state index contributed by atoms with van der Waals surface area (Å²) in [6.07, 6.45) is 0.901. The number of rotatable bonds is 8. The van der Waals surface area contributed by atoms with Crippen molar-refractivity contribution in [2.45, 2.75) is 17.3 Å². The van der Waals surface area contributed by atoms with Gasteiger partial charge in [0.15, 0.2) is 0 Å². The van der Waals surface area contributed by atoms with Crippen LogP contribution in [0.25, 0.3) is 44.5 Å². The van der Waals surface area contributed by atoms with Gasteiger partial charge in [-0.05, 0) is 131 Å². The average Bonchev–Trinajstić information content (AvgIpc) is 4.18. The maximum atomic E-state index is 6.24. The molecule has 368 valence electrons. The van der Waals surface area contributed by atoms with Crippen LogP contribution in [0.1, 0.15) is 55.6 Å². The molecule has 0 saturated heterocycles. The van der Waals surface area contributed by atoms with Crippen molar-refractivity contribution in [2.24, 2.45) is 0 Å². The zero-order valence-electron chi connectivity index (χ0n) is 42.7. The smallest absolute Gasteiger partial charge is 0.0714 e. The van der Waals surface area contributed by atoms with E-state index in [2.05, 4.69) is 319 Å². The van der Waals surface area contributed by atoms with Crippen LogP contribution in [-0.4, -0.2) is 0 Å². The number of nitrogen functional groups attached to an aromatic ring is 1. The molecule has 12 aromatic rings. The number of nitrogens with two attached hydrogens (primary N) is 1. The van der Waals surface area contributed by atoms with E-state index in [0.29, 0.717) is 0 Å². The van der Waals surface area contributed by atoms with Gasteiger partial charge in [0.2, 0.25) is 0 Å². The van der Waals surface area contributed by atoms with Crippen molar-refractivity contribution in [1.82, 2.24) is 0 Å². The van der Waals surface area contributed by atoms with Crippen molar-refractivity contribution in [3.05, 3.63) is 376 Å². The molecule has 0 unspecified atom stereocenters. The molecule has 77 heavy (non-hydrogen) atoms. The van der Waals surface area contributed by atoms with E-state index in [1.54, 1.807) is 0 Å². The first-order valence-corrected chi connectivity index (χ1v) is 27.2. The summed E-state index contributed by atoms with van der Waals surface area (Å²) in [6, 6.07) is 113. The van der Waals surface area contributed by atoms with Gasteiger partial charge >= 0.3 is 0 Å². The van der Waals surface area contributed by atoms with Gasteiger partial charge < -0.3 is 5.73 Å². The van der Waals surface area contributed by atoms with Crippen LogP contribution in [-0.2, 0) is 17.3 Å². The summed E-state index contributed by atoms with van der Waals surface area (Å²) >= 11 is 3.42. The molecule has 0 radical (unpaired) electrons. The summed E-state index contributed by atoms with van der Waals surface area (Å²) in [5.41, 5.74) is 29.7. The molecule has 2 heteroatoms. The van der Waals surface area contributed by atoms with Crippen LogP contribution in [0.5, 0.6) is 0 Å². The number of hydrogen-bond acceptors (Lipinski definition) is 1. The maximum absolute atomic E-state index is 6.24. The Hall–Kier alpha value is -9.08. The lowest BCUT2D eigenvalue weighted by Crippen LogP contribution is -2.28. The third kappa shape index (κ3) is 9.22. The van der Waals surface area contributed by atoms with Gasteiger partial charge in [0.1, 0.15) is 0 Å². The SMILES string of the molecule is Brc1ccc(-c2ccccc2)cc1.Nc1ccc2c(c1)C(c1ccccc1)(c1ccccc1)c1ccccc1-2.c1ccc(-c2ccc(Cc3ccc4c(c3)C(c3ccccc3)(c3ccccc3)c3ccccc3-4)cc2)cc1. The zero-order chi connectivity index (χ0) is 52.0. The van der Waals surface area contributed by atoms with Gasteiger partial charge in [0, 0.05) is 10.2 Å². The molecule has 0 atom stereocenters. The van der Waals surface area contributed by atoms with Crippen molar-refractivity contribution < 1.29 is 0 Å². The first-order valence-electron chi connectivity index (χ1n) is 26.4. The minimum absolute atomic E-state index is 0.343. The van der Waals surface area contributed by atoms with E-state index < -0.39 is 0 Å². The summed E-state index contributed by atoms with van der Waals surface area (Å²) < 4.78 is 1.12. The molecule has 0 saturated carbocycles. The van der Waals surface area contributed by atoms with Crippen LogP contribution >= 0.6 is 15.9 Å². The lowest BCUT2D eigenvalue weighted by Gasteiger charge is -2.34. The van der Waals surface area contributed by atoms with E-state index in [9.17, 15) is 0 Å². The fourth-order valence-corrected chi connectivity index (χ4v) is 12.3. The molecule has 0 heterocycles. The van der Waals surface area contributed by atoms with Gasteiger partial charge in [-0.15, -0.1) is 0 Å². The highest BCUT2D eigenvalue weighted by Gasteiger charge is 2.47. The third-order valence-electron chi connectivity index (χ3n) is 15.4. The Balaban J connectivity index is 0.000000131. The summed E-state index contributed by atoms with van der Waals surface area (Å²) in [5.74, 6) is 0. The fraction of sp³-hybridized carbons (Fsp3) is 0.0400. The van der Waals surface area contributed by atoms with Crippen LogP contribution in [0, 0.1) is 0 Å². The molecule has 0 bridgehead atoms. The Morgan fingerprint density at radius 1 is 0.260 bits per heavy atom. The van der Waals surface area contributed by atoms with Gasteiger partial charge in [0.25, 0.3) is 0 Å². The van der Waals surface area contributed by atoms with Gasteiger partial charge in [0.05, 0.1) is 10.8 Å². The Labute approximate surface area is 461 Å². The average molecular weight is 1050 g/mol. The molecular weight excluding hydrogens is 995 g/mol. The van der Waals surface area contributed by atoms with Crippen molar-refractivity contribution in [3.63, 3.8) is 0 Å². The maximum Gasteiger partial charge on any atom is 0.0714 e. The predicted molar refractivity (Wildman–Crippen MR) is 326 cm³/mol. The molecule has 0 fully saturated rings. The summed E-state index contributed by atoms with van der Waals surface area (Å²) in [7, 11) is 0. The quantitative estimate of drug-likeness (QED) is 0.151. The first kappa shape index (κ1) is 48.8. The number of hydrogen-bond donors (Lipinski definition) is 1. The van der Waals surface area contributed by atoms with E-state index in [0.717, 1.165) is 16.6 Å². The molecule has 0 aromatic heterocycles. The second-order valence-electron chi connectivity index (χ2n) is 19.9. The van der Waals surface area contributed by atoms with Crippen molar-refractivity contribution >= 4 is 21.6 Å². The molecule has 1 nitrogen and oxygen atoms in total. The highest BCUT2D eigenvalue weighted by Crippen LogP contribution is 2.58. The van der Waals surface area contributed by atoms with Gasteiger partial charge in [-0.2, -0.15) is 0 Å². The minimum Gasteiger partial charge on any atom is -0.399 e. The predicted octanol–water partition coefficient (Wildman–Crippen LogP) is 19.1. The van der Waals surface area contributed by atoms with Gasteiger partial charge in [-0.25, -0.2) is 0 Å². The summed E-state index contributed by atoms with van der Waals surface area (Å²) in [6.45, 7) is 0. The summed E-state index contributed by atoms with van der Waals surface area (Å²) in [4.78, 5) is 0. The van der Waals surface area contributed by atoms with E-state index in [1.807, 2.05) is 12.1 Å². The lowest BCUT2D eigenvalue weighted by molar-refractivity contribution is 0.767. The van der Waals surface area contributed by atoms with Crippen molar-refractivity contribution in [1.29, 1.82) is 0 Å². The van der Waals surface area contributed by atoms with Crippen LogP contribution in [0.3, 0.4) is 0 Å². The zero-order valence-corrected chi connectivity index (χ0v) is 44.3. The van der Waals surface area contributed by atoms with Crippen molar-refractivity contribution in [3.8, 4) is 44.5 Å². The second kappa shape index (κ2) is 21.6. The van der Waals surface area contributed by atoms with E-state index in [1.165, 1.54) is 100 Å². The van der Waals surface area contributed by atoms with E-state index in [4.69, 9.17) is 5.73 Å². The highest BCUT2D eigenvalue weighted by molar-refractivity contribution is 9.10. The normalized spacial score (nSPS) is 12.8. The Bertz CT molecular complexity index is 3840. The number of benzene rings is 12. The van der Waals surface area contributed by atoms with Crippen LogP contribution in [0.15, 0.2) is 320 Å². The summed E-state index contributed by atoms with van der Waals surface area (Å²) in [5, 5.41) is 0. The topological polar surface area (TPSA) is 26.0 Å².